The largest absolute Gasteiger partial charge is 0.289 e. The van der Waals surface area contributed by atoms with Gasteiger partial charge in [-0.25, -0.2) is 0 Å². The molecule has 2 atom stereocenters. The summed E-state index contributed by atoms with van der Waals surface area (Å²) in [6.45, 7) is 1.09. The van der Waals surface area contributed by atoms with Crippen LogP contribution in [0.5, 0.6) is 0 Å². The van der Waals surface area contributed by atoms with Crippen LogP contribution in [0, 0.1) is 0 Å². The van der Waals surface area contributed by atoms with E-state index in [0.717, 1.165) is 13.0 Å². The summed E-state index contributed by atoms with van der Waals surface area (Å²) in [4.78, 5) is 2.76. The van der Waals surface area contributed by atoms with E-state index in [1.165, 1.54) is 47.6 Å². The average Bonchev–Trinajstić information content (AvgIpc) is 2.70. The Morgan fingerprint density at radius 3 is 2.52 bits per heavy atom. The van der Waals surface area contributed by atoms with Crippen LogP contribution in [0.25, 0.3) is 10.8 Å². The Hall–Kier alpha value is -2.38. The second-order valence-electron chi connectivity index (χ2n) is 8.15. The van der Waals surface area contributed by atoms with Crippen LogP contribution in [0.2, 0.25) is 0 Å². The first-order valence-electron chi connectivity index (χ1n) is 10.3. The minimum Gasteiger partial charge on any atom is -0.289 e. The molecule has 2 heterocycles. The predicted molar refractivity (Wildman–Crippen MR) is 114 cm³/mol. The average molecular weight is 354 g/mol. The third-order valence-electron chi connectivity index (χ3n) is 6.36. The third kappa shape index (κ3) is 3.44. The standard InChI is InChI=1S/C26H27N/c1-2-8-20(9-3-1)19-27-24-13-7-14-25(27)18-21(17-24)16-23-12-6-11-22-10-4-5-15-26(22)23/h1-6,8-12,15,17,24-25H,7,13-14,16,18-19H2. The molecule has 3 aromatic rings. The lowest BCUT2D eigenvalue weighted by atomic mass is 9.82. The number of rotatable bonds is 4. The first-order chi connectivity index (χ1) is 13.4. The van der Waals surface area contributed by atoms with E-state index in [2.05, 4.69) is 83.8 Å². The zero-order valence-electron chi connectivity index (χ0n) is 15.9. The van der Waals surface area contributed by atoms with Crippen LogP contribution in [0.3, 0.4) is 0 Å². The molecule has 27 heavy (non-hydrogen) atoms. The molecule has 1 saturated heterocycles. The molecule has 1 heteroatoms. The Morgan fingerprint density at radius 2 is 1.63 bits per heavy atom. The number of nitrogens with zero attached hydrogens (tertiary/aromatic N) is 1. The highest BCUT2D eigenvalue weighted by Crippen LogP contribution is 2.36. The number of hydrogen-bond donors (Lipinski definition) is 0. The normalized spacial score (nSPS) is 22.6. The van der Waals surface area contributed by atoms with Gasteiger partial charge in [0.05, 0.1) is 0 Å². The maximum absolute atomic E-state index is 2.76. The van der Waals surface area contributed by atoms with Crippen LogP contribution in [0.4, 0.5) is 0 Å². The van der Waals surface area contributed by atoms with Crippen LogP contribution in [0.15, 0.2) is 84.4 Å². The predicted octanol–water partition coefficient (Wildman–Crippen LogP) is 6.14. The molecule has 0 N–H and O–H groups in total. The maximum Gasteiger partial charge on any atom is 0.0287 e. The molecule has 2 unspecified atom stereocenters. The van der Waals surface area contributed by atoms with E-state index in [9.17, 15) is 0 Å². The van der Waals surface area contributed by atoms with Crippen molar-refractivity contribution in [1.29, 1.82) is 0 Å². The molecule has 0 saturated carbocycles. The van der Waals surface area contributed by atoms with Crippen molar-refractivity contribution < 1.29 is 0 Å². The first-order valence-corrected chi connectivity index (χ1v) is 10.3. The van der Waals surface area contributed by atoms with Gasteiger partial charge in [0.25, 0.3) is 0 Å². The molecule has 2 aliphatic rings. The fourth-order valence-electron chi connectivity index (χ4n) is 5.07. The molecule has 2 bridgehead atoms. The maximum atomic E-state index is 2.76. The van der Waals surface area contributed by atoms with Crippen LogP contribution >= 0.6 is 0 Å². The molecule has 2 aliphatic heterocycles. The van der Waals surface area contributed by atoms with Gasteiger partial charge in [0, 0.05) is 18.6 Å². The smallest absolute Gasteiger partial charge is 0.0287 e. The van der Waals surface area contributed by atoms with Crippen molar-refractivity contribution in [3.05, 3.63) is 95.6 Å². The summed E-state index contributed by atoms with van der Waals surface area (Å²) in [7, 11) is 0. The van der Waals surface area contributed by atoms with Gasteiger partial charge in [0.15, 0.2) is 0 Å². The molecular formula is C26H27N. The number of benzene rings is 3. The minimum atomic E-state index is 0.614. The molecule has 0 aliphatic carbocycles. The van der Waals surface area contributed by atoms with E-state index in [-0.39, 0.29) is 0 Å². The third-order valence-corrected chi connectivity index (χ3v) is 6.36. The van der Waals surface area contributed by atoms with Gasteiger partial charge >= 0.3 is 0 Å². The molecule has 1 fully saturated rings. The summed E-state index contributed by atoms with van der Waals surface area (Å²) in [5, 5.41) is 2.77. The molecule has 0 amide bonds. The van der Waals surface area contributed by atoms with Crippen molar-refractivity contribution in [3.63, 3.8) is 0 Å². The van der Waals surface area contributed by atoms with Crippen LogP contribution in [-0.4, -0.2) is 17.0 Å². The van der Waals surface area contributed by atoms with Crippen LogP contribution < -0.4 is 0 Å². The fourth-order valence-corrected chi connectivity index (χ4v) is 5.07. The van der Waals surface area contributed by atoms with E-state index in [1.807, 2.05) is 0 Å². The second kappa shape index (κ2) is 7.32. The van der Waals surface area contributed by atoms with Gasteiger partial charge in [0.2, 0.25) is 0 Å². The topological polar surface area (TPSA) is 3.24 Å². The SMILES string of the molecule is C1=C(Cc2cccc3ccccc23)CC2CCCC1N2Cc1ccccc1. The lowest BCUT2D eigenvalue weighted by Gasteiger charge is -2.45. The lowest BCUT2D eigenvalue weighted by Crippen LogP contribution is -2.48. The van der Waals surface area contributed by atoms with Gasteiger partial charge in [-0.05, 0) is 47.6 Å². The molecular weight excluding hydrogens is 326 g/mol. The highest BCUT2D eigenvalue weighted by molar-refractivity contribution is 5.85. The molecule has 3 aromatic carbocycles. The summed E-state index contributed by atoms with van der Waals surface area (Å²) in [5.74, 6) is 0. The summed E-state index contributed by atoms with van der Waals surface area (Å²) in [6.07, 6.45) is 8.96. The van der Waals surface area contributed by atoms with Crippen molar-refractivity contribution in [2.45, 2.75) is 50.7 Å². The molecule has 0 spiro atoms. The van der Waals surface area contributed by atoms with Gasteiger partial charge in [-0.2, -0.15) is 0 Å². The van der Waals surface area contributed by atoms with Gasteiger partial charge in [-0.1, -0.05) is 90.9 Å². The van der Waals surface area contributed by atoms with E-state index in [1.54, 1.807) is 5.57 Å². The van der Waals surface area contributed by atoms with Gasteiger partial charge in [0.1, 0.15) is 0 Å². The second-order valence-corrected chi connectivity index (χ2v) is 8.15. The van der Waals surface area contributed by atoms with Crippen LogP contribution in [0.1, 0.15) is 36.8 Å². The molecule has 0 radical (unpaired) electrons. The van der Waals surface area contributed by atoms with Crippen LogP contribution in [-0.2, 0) is 13.0 Å². The highest BCUT2D eigenvalue weighted by atomic mass is 15.2. The van der Waals surface area contributed by atoms with Gasteiger partial charge in [-0.15, -0.1) is 0 Å². The van der Waals surface area contributed by atoms with Crippen molar-refractivity contribution in [1.82, 2.24) is 4.90 Å². The Kier molecular flexibility index (Phi) is 4.55. The number of piperidine rings is 1. The molecule has 5 rings (SSSR count). The Morgan fingerprint density at radius 1 is 0.815 bits per heavy atom. The zero-order valence-corrected chi connectivity index (χ0v) is 15.9. The molecule has 1 nitrogen and oxygen atoms in total. The van der Waals surface area contributed by atoms with E-state index in [0.29, 0.717) is 12.1 Å². The van der Waals surface area contributed by atoms with Crippen molar-refractivity contribution >= 4 is 10.8 Å². The summed E-state index contributed by atoms with van der Waals surface area (Å²) >= 11 is 0. The lowest BCUT2D eigenvalue weighted by molar-refractivity contribution is 0.0881. The fraction of sp³-hybridized carbons (Fsp3) is 0.308. The van der Waals surface area contributed by atoms with Crippen molar-refractivity contribution in [3.8, 4) is 0 Å². The summed E-state index contributed by atoms with van der Waals surface area (Å²) in [5.41, 5.74) is 4.57. The number of hydrogen-bond acceptors (Lipinski definition) is 1. The first kappa shape index (κ1) is 16.8. The summed E-state index contributed by atoms with van der Waals surface area (Å²) in [6, 6.07) is 27.9. The van der Waals surface area contributed by atoms with E-state index in [4.69, 9.17) is 0 Å². The minimum absolute atomic E-state index is 0.614. The zero-order chi connectivity index (χ0) is 18.1. The quantitative estimate of drug-likeness (QED) is 0.510. The Balaban J connectivity index is 1.40. The monoisotopic (exact) mass is 353 g/mol. The van der Waals surface area contributed by atoms with Crippen molar-refractivity contribution in [2.75, 3.05) is 0 Å². The highest BCUT2D eigenvalue weighted by Gasteiger charge is 2.33. The number of fused-ring (bicyclic) bond motifs is 3. The summed E-state index contributed by atoms with van der Waals surface area (Å²) < 4.78 is 0. The molecule has 0 aromatic heterocycles. The Bertz CT molecular complexity index is 951. The van der Waals surface area contributed by atoms with Crippen molar-refractivity contribution in [2.24, 2.45) is 0 Å². The molecule has 136 valence electrons. The van der Waals surface area contributed by atoms with Gasteiger partial charge in [-0.3, -0.25) is 4.90 Å². The van der Waals surface area contributed by atoms with Gasteiger partial charge < -0.3 is 0 Å². The van der Waals surface area contributed by atoms with E-state index >= 15 is 0 Å². The Labute approximate surface area is 162 Å². The van der Waals surface area contributed by atoms with E-state index < -0.39 is 0 Å².